The molecule has 9 heteroatoms. The summed E-state index contributed by atoms with van der Waals surface area (Å²) in [7, 11) is -3.98. The smallest absolute Gasteiger partial charge is 0.252 e. The Kier molecular flexibility index (Phi) is 6.03. The molecule has 0 saturated carbocycles. The molecule has 3 aromatic carbocycles. The van der Waals surface area contributed by atoms with Gasteiger partial charge in [-0.15, -0.1) is 0 Å². The maximum atomic E-state index is 13.6. The Morgan fingerprint density at radius 2 is 1.65 bits per heavy atom. The fourth-order valence-corrected chi connectivity index (χ4v) is 5.84. The van der Waals surface area contributed by atoms with E-state index in [-0.39, 0.29) is 35.4 Å². The summed E-state index contributed by atoms with van der Waals surface area (Å²) in [6.07, 6.45) is 0.481. The average molecular weight is 497 g/mol. The molecular formula is C25H21ClN2O5S. The predicted octanol–water partition coefficient (Wildman–Crippen LogP) is 4.34. The molecule has 4 aromatic rings. The molecule has 0 bridgehead atoms. The lowest BCUT2D eigenvalue weighted by molar-refractivity contribution is 0.174. The lowest BCUT2D eigenvalue weighted by Crippen LogP contribution is -2.34. The number of aromatic amines is 1. The largest absolute Gasteiger partial charge is 0.454 e. The Morgan fingerprint density at radius 3 is 2.41 bits per heavy atom. The summed E-state index contributed by atoms with van der Waals surface area (Å²) in [6, 6.07) is 21.1. The van der Waals surface area contributed by atoms with Crippen LogP contribution in [0.4, 0.5) is 0 Å². The van der Waals surface area contributed by atoms with Gasteiger partial charge >= 0.3 is 0 Å². The van der Waals surface area contributed by atoms with E-state index in [1.807, 2.05) is 30.3 Å². The predicted molar refractivity (Wildman–Crippen MR) is 130 cm³/mol. The third-order valence-corrected chi connectivity index (χ3v) is 8.05. The third-order valence-electron chi connectivity index (χ3n) is 5.71. The van der Waals surface area contributed by atoms with Crippen LogP contribution in [0.15, 0.2) is 82.5 Å². The molecule has 2 heterocycles. The lowest BCUT2D eigenvalue weighted by atomic mass is 10.1. The molecule has 0 aliphatic carbocycles. The van der Waals surface area contributed by atoms with Gasteiger partial charge < -0.3 is 14.5 Å². The van der Waals surface area contributed by atoms with Crippen LogP contribution >= 0.6 is 11.6 Å². The fraction of sp³-hybridized carbons (Fsp3) is 0.160. The summed E-state index contributed by atoms with van der Waals surface area (Å²) in [6.45, 7) is 0.183. The van der Waals surface area contributed by atoms with E-state index in [0.29, 0.717) is 29.0 Å². The SMILES string of the molecule is O=c1[nH]c2cc3c(cc2cc1CN(CCc1ccccc1)S(=O)(=O)c1ccccc1Cl)OCO3. The number of sulfonamides is 1. The number of hydrogen-bond donors (Lipinski definition) is 1. The molecule has 0 atom stereocenters. The van der Waals surface area contributed by atoms with Crippen LogP contribution in [0.2, 0.25) is 5.02 Å². The van der Waals surface area contributed by atoms with Gasteiger partial charge in [0.2, 0.25) is 16.8 Å². The fourth-order valence-electron chi connectivity index (χ4n) is 3.92. The Labute approximate surface area is 201 Å². The van der Waals surface area contributed by atoms with Crippen LogP contribution < -0.4 is 15.0 Å². The molecule has 0 saturated heterocycles. The minimum atomic E-state index is -3.98. The Balaban J connectivity index is 1.53. The molecule has 174 valence electrons. The van der Waals surface area contributed by atoms with Crippen LogP contribution in [0.1, 0.15) is 11.1 Å². The number of rotatable bonds is 7. The molecule has 0 radical (unpaired) electrons. The summed E-state index contributed by atoms with van der Waals surface area (Å²) in [5.74, 6) is 1.14. The maximum absolute atomic E-state index is 13.6. The van der Waals surface area contributed by atoms with Crippen LogP contribution in [0.5, 0.6) is 11.5 Å². The number of aromatic nitrogens is 1. The minimum absolute atomic E-state index is 0.00492. The van der Waals surface area contributed by atoms with Crippen LogP contribution in [-0.4, -0.2) is 31.0 Å². The highest BCUT2D eigenvalue weighted by atomic mass is 35.5. The second-order valence-corrected chi connectivity index (χ2v) is 10.2. The van der Waals surface area contributed by atoms with Crippen LogP contribution in [-0.2, 0) is 23.0 Å². The molecule has 1 aliphatic rings. The van der Waals surface area contributed by atoms with Crippen molar-refractivity contribution >= 4 is 32.5 Å². The van der Waals surface area contributed by atoms with Gasteiger partial charge in [-0.3, -0.25) is 4.79 Å². The number of nitrogens with zero attached hydrogens (tertiary/aromatic N) is 1. The van der Waals surface area contributed by atoms with Crippen molar-refractivity contribution in [2.24, 2.45) is 0 Å². The summed E-state index contributed by atoms with van der Waals surface area (Å²) in [5.41, 5.74) is 1.52. The minimum Gasteiger partial charge on any atom is -0.454 e. The summed E-state index contributed by atoms with van der Waals surface area (Å²) >= 11 is 6.24. The first-order valence-electron chi connectivity index (χ1n) is 10.7. The van der Waals surface area contributed by atoms with Crippen LogP contribution in [0.25, 0.3) is 10.9 Å². The van der Waals surface area contributed by atoms with Gasteiger partial charge in [0.25, 0.3) is 5.56 Å². The zero-order valence-corrected chi connectivity index (χ0v) is 19.6. The topological polar surface area (TPSA) is 88.7 Å². The van der Waals surface area contributed by atoms with Crippen molar-refractivity contribution in [2.45, 2.75) is 17.9 Å². The molecule has 1 aliphatic heterocycles. The number of H-pyrrole nitrogens is 1. The first-order valence-corrected chi connectivity index (χ1v) is 12.5. The van der Waals surface area contributed by atoms with Crippen molar-refractivity contribution < 1.29 is 17.9 Å². The zero-order valence-electron chi connectivity index (χ0n) is 18.0. The summed E-state index contributed by atoms with van der Waals surface area (Å²) in [5, 5.41) is 0.851. The summed E-state index contributed by atoms with van der Waals surface area (Å²) < 4.78 is 39.3. The average Bonchev–Trinajstić information content (AvgIpc) is 3.28. The quantitative estimate of drug-likeness (QED) is 0.411. The number of benzene rings is 3. The van der Waals surface area contributed by atoms with Gasteiger partial charge in [0.15, 0.2) is 11.5 Å². The van der Waals surface area contributed by atoms with Gasteiger partial charge in [-0.2, -0.15) is 4.31 Å². The standard InChI is InChI=1S/C25H21ClN2O5S/c26-20-8-4-5-9-24(20)34(30,31)28(11-10-17-6-2-1-3-7-17)15-19-12-18-13-22-23(33-16-32-22)14-21(18)27-25(19)29/h1-9,12-14H,10-11,15-16H2,(H,27,29). The normalized spacial score (nSPS) is 13.0. The molecule has 0 unspecified atom stereocenters. The Morgan fingerprint density at radius 1 is 0.941 bits per heavy atom. The highest BCUT2D eigenvalue weighted by molar-refractivity contribution is 7.89. The zero-order chi connectivity index (χ0) is 23.7. The van der Waals surface area contributed by atoms with Crippen LogP contribution in [0, 0.1) is 0 Å². The second kappa shape index (κ2) is 9.13. The number of nitrogens with one attached hydrogen (secondary N) is 1. The number of ether oxygens (including phenoxy) is 2. The molecule has 5 rings (SSSR count). The molecule has 7 nitrogen and oxygen atoms in total. The summed E-state index contributed by atoms with van der Waals surface area (Å²) in [4.78, 5) is 15.7. The molecule has 1 aromatic heterocycles. The second-order valence-electron chi connectivity index (χ2n) is 7.92. The van der Waals surface area contributed by atoms with Crippen molar-refractivity contribution in [2.75, 3.05) is 13.3 Å². The van der Waals surface area contributed by atoms with E-state index in [0.717, 1.165) is 10.9 Å². The lowest BCUT2D eigenvalue weighted by Gasteiger charge is -2.23. The van der Waals surface area contributed by atoms with Crippen molar-refractivity contribution in [1.82, 2.24) is 9.29 Å². The van der Waals surface area contributed by atoms with Gasteiger partial charge in [-0.05, 0) is 36.2 Å². The van der Waals surface area contributed by atoms with E-state index < -0.39 is 10.0 Å². The number of pyridine rings is 1. The first kappa shape index (κ1) is 22.5. The first-order chi connectivity index (χ1) is 16.4. The Hall–Kier alpha value is -3.33. The molecule has 34 heavy (non-hydrogen) atoms. The van der Waals surface area contributed by atoms with Crippen LogP contribution in [0.3, 0.4) is 0 Å². The van der Waals surface area contributed by atoms with E-state index in [9.17, 15) is 13.2 Å². The number of fused-ring (bicyclic) bond motifs is 2. The van der Waals surface area contributed by atoms with E-state index in [2.05, 4.69) is 4.98 Å². The Bertz CT molecular complexity index is 1520. The van der Waals surface area contributed by atoms with Gasteiger partial charge in [0.05, 0.1) is 10.5 Å². The van der Waals surface area contributed by atoms with Crippen molar-refractivity contribution in [3.63, 3.8) is 0 Å². The van der Waals surface area contributed by atoms with E-state index in [4.69, 9.17) is 21.1 Å². The number of hydrogen-bond acceptors (Lipinski definition) is 5. The van der Waals surface area contributed by atoms with E-state index in [1.54, 1.807) is 30.3 Å². The van der Waals surface area contributed by atoms with Crippen molar-refractivity contribution in [3.05, 3.63) is 99.3 Å². The monoisotopic (exact) mass is 496 g/mol. The molecule has 0 amide bonds. The third kappa shape index (κ3) is 4.40. The molecule has 1 N–H and O–H groups in total. The van der Waals surface area contributed by atoms with Crippen molar-refractivity contribution in [3.8, 4) is 11.5 Å². The highest BCUT2D eigenvalue weighted by Crippen LogP contribution is 2.35. The van der Waals surface area contributed by atoms with E-state index in [1.165, 1.54) is 16.4 Å². The highest BCUT2D eigenvalue weighted by Gasteiger charge is 2.27. The molecule has 0 fully saturated rings. The van der Waals surface area contributed by atoms with Crippen molar-refractivity contribution in [1.29, 1.82) is 0 Å². The molecular weight excluding hydrogens is 476 g/mol. The van der Waals surface area contributed by atoms with Gasteiger partial charge in [-0.25, -0.2) is 8.42 Å². The molecule has 0 spiro atoms. The maximum Gasteiger partial charge on any atom is 0.252 e. The van der Waals surface area contributed by atoms with E-state index >= 15 is 0 Å². The van der Waals surface area contributed by atoms with Gasteiger partial charge in [0, 0.05) is 30.1 Å². The van der Waals surface area contributed by atoms with Gasteiger partial charge in [0.1, 0.15) is 4.90 Å². The number of halogens is 1. The van der Waals surface area contributed by atoms with Gasteiger partial charge in [-0.1, -0.05) is 54.1 Å².